The van der Waals surface area contributed by atoms with Crippen molar-refractivity contribution in [3.63, 3.8) is 0 Å². The highest BCUT2D eigenvalue weighted by Crippen LogP contribution is 2.48. The van der Waals surface area contributed by atoms with Crippen LogP contribution in [0.1, 0.15) is 66.9 Å². The largest absolute Gasteiger partial charge is 0.492 e. The van der Waals surface area contributed by atoms with Crippen LogP contribution < -0.4 is 14.8 Å². The van der Waals surface area contributed by atoms with Crippen molar-refractivity contribution in [1.29, 1.82) is 0 Å². The Bertz CT molecular complexity index is 1340. The molecule has 1 N–H and O–H groups in total. The van der Waals surface area contributed by atoms with Crippen molar-refractivity contribution in [1.82, 2.24) is 10.2 Å². The van der Waals surface area contributed by atoms with Gasteiger partial charge in [-0.2, -0.15) is 0 Å². The first-order valence-corrected chi connectivity index (χ1v) is 15.6. The fourth-order valence-corrected chi connectivity index (χ4v) is 6.58. The van der Waals surface area contributed by atoms with Crippen LogP contribution in [0.5, 0.6) is 11.5 Å². The molecule has 0 aromatic heterocycles. The van der Waals surface area contributed by atoms with Crippen LogP contribution in [-0.2, 0) is 4.79 Å². The van der Waals surface area contributed by atoms with Gasteiger partial charge in [0.05, 0.1) is 6.04 Å². The average Bonchev–Trinajstić information content (AvgIpc) is 3.74. The molecule has 0 radical (unpaired) electrons. The number of likely N-dealkylation sites (tertiary alicyclic amines) is 1. The van der Waals surface area contributed by atoms with Gasteiger partial charge in [-0.05, 0) is 98.1 Å². The van der Waals surface area contributed by atoms with E-state index in [1.54, 1.807) is 11.8 Å². The van der Waals surface area contributed by atoms with E-state index in [0.29, 0.717) is 31.6 Å². The number of nitrogens with zero attached hydrogens (tertiary/aromatic N) is 1. The second-order valence-corrected chi connectivity index (χ2v) is 12.0. The molecule has 5 rings (SSSR count). The molecule has 1 atom stereocenters. The summed E-state index contributed by atoms with van der Waals surface area (Å²) in [6.07, 6.45) is 11.8. The zero-order chi connectivity index (χ0) is 28.6. The highest BCUT2D eigenvalue weighted by atomic mass is 32.2. The quantitative estimate of drug-likeness (QED) is 0.285. The standard InChI is InChI=1S/C34H40N2O4S/c1-3-4-5-8-29-22-30(33(38)25-9-13-28(14-10-25)39-20-19-36-17-6-7-18-36)34(41-29)26-11-15-31(24(2)21-26)40-23-27-12-16-32(37)35-27/h4-5,8-11,13-15,21,27H,3,6-7,12,16-20,22-23H2,1-2H3,(H,35,37)/b5-4-,29-8+. The molecule has 2 aromatic carbocycles. The van der Waals surface area contributed by atoms with E-state index in [4.69, 9.17) is 9.47 Å². The fourth-order valence-electron chi connectivity index (χ4n) is 5.43. The molecule has 0 spiro atoms. The summed E-state index contributed by atoms with van der Waals surface area (Å²) in [5.41, 5.74) is 3.51. The van der Waals surface area contributed by atoms with Crippen LogP contribution in [0.2, 0.25) is 0 Å². The van der Waals surface area contributed by atoms with Crippen molar-refractivity contribution in [3.8, 4) is 11.5 Å². The van der Waals surface area contributed by atoms with Crippen molar-refractivity contribution < 1.29 is 19.1 Å². The van der Waals surface area contributed by atoms with Gasteiger partial charge in [-0.15, -0.1) is 0 Å². The number of amides is 1. The van der Waals surface area contributed by atoms with Crippen molar-refractivity contribution in [2.24, 2.45) is 0 Å². The second-order valence-electron chi connectivity index (χ2n) is 10.9. The molecule has 3 aliphatic rings. The molecule has 2 aromatic rings. The van der Waals surface area contributed by atoms with Gasteiger partial charge < -0.3 is 14.8 Å². The number of hydrogen-bond donors (Lipinski definition) is 1. The van der Waals surface area contributed by atoms with Crippen LogP contribution in [0.15, 0.2) is 71.2 Å². The summed E-state index contributed by atoms with van der Waals surface area (Å²) in [4.78, 5) is 29.9. The van der Waals surface area contributed by atoms with Gasteiger partial charge >= 0.3 is 0 Å². The molecule has 1 amide bonds. The molecule has 0 aliphatic carbocycles. The van der Waals surface area contributed by atoms with Gasteiger partial charge in [0.25, 0.3) is 0 Å². The van der Waals surface area contributed by atoms with Gasteiger partial charge in [-0.3, -0.25) is 14.5 Å². The van der Waals surface area contributed by atoms with Crippen LogP contribution in [-0.4, -0.2) is 55.5 Å². The minimum Gasteiger partial charge on any atom is -0.492 e. The third-order valence-corrected chi connectivity index (χ3v) is 8.97. The normalized spacial score (nSPS) is 20.4. The zero-order valence-electron chi connectivity index (χ0n) is 24.1. The Hall–Kier alpha value is -3.29. The predicted octanol–water partition coefficient (Wildman–Crippen LogP) is 6.71. The maximum Gasteiger partial charge on any atom is 0.220 e. The topological polar surface area (TPSA) is 67.9 Å². The molecule has 2 fully saturated rings. The lowest BCUT2D eigenvalue weighted by Crippen LogP contribution is -2.30. The lowest BCUT2D eigenvalue weighted by molar-refractivity contribution is -0.119. The summed E-state index contributed by atoms with van der Waals surface area (Å²) >= 11 is 1.67. The van der Waals surface area contributed by atoms with E-state index in [-0.39, 0.29) is 17.7 Å². The summed E-state index contributed by atoms with van der Waals surface area (Å²) in [6.45, 7) is 8.52. The molecule has 216 valence electrons. The van der Waals surface area contributed by atoms with E-state index < -0.39 is 0 Å². The van der Waals surface area contributed by atoms with E-state index >= 15 is 0 Å². The molecule has 0 saturated carbocycles. The number of Topliss-reactive ketones (excluding diaryl/α,β-unsaturated/α-hetero) is 1. The van der Waals surface area contributed by atoms with Crippen molar-refractivity contribution in [2.45, 2.75) is 58.4 Å². The van der Waals surface area contributed by atoms with Gasteiger partial charge in [0.15, 0.2) is 5.78 Å². The molecule has 1 unspecified atom stereocenters. The first-order chi connectivity index (χ1) is 20.0. The van der Waals surface area contributed by atoms with E-state index in [1.165, 1.54) is 12.8 Å². The molecular weight excluding hydrogens is 532 g/mol. The number of ether oxygens (including phenoxy) is 2. The fraction of sp³-hybridized carbons (Fsp3) is 0.412. The first kappa shape index (κ1) is 29.2. The first-order valence-electron chi connectivity index (χ1n) is 14.8. The molecule has 2 saturated heterocycles. The minimum absolute atomic E-state index is 0.0499. The number of hydrogen-bond acceptors (Lipinski definition) is 6. The van der Waals surface area contributed by atoms with Crippen LogP contribution in [0.25, 0.3) is 4.91 Å². The number of aryl methyl sites for hydroxylation is 1. The summed E-state index contributed by atoms with van der Waals surface area (Å²) in [5.74, 6) is 1.73. The van der Waals surface area contributed by atoms with Gasteiger partial charge in [0.2, 0.25) is 5.91 Å². The molecule has 6 nitrogen and oxygen atoms in total. The summed E-state index contributed by atoms with van der Waals surface area (Å²) in [5, 5.41) is 2.95. The number of ketones is 1. The Morgan fingerprint density at radius 2 is 1.93 bits per heavy atom. The maximum atomic E-state index is 13.8. The lowest BCUT2D eigenvalue weighted by atomic mass is 9.97. The van der Waals surface area contributed by atoms with Crippen LogP contribution >= 0.6 is 11.8 Å². The van der Waals surface area contributed by atoms with E-state index in [0.717, 1.165) is 70.5 Å². The number of carbonyl (C=O) groups excluding carboxylic acids is 2. The third-order valence-electron chi connectivity index (χ3n) is 7.74. The number of rotatable bonds is 12. The Balaban J connectivity index is 1.31. The maximum absolute atomic E-state index is 13.8. The summed E-state index contributed by atoms with van der Waals surface area (Å²) in [7, 11) is 0. The number of nitrogens with one attached hydrogen (secondary N) is 1. The van der Waals surface area contributed by atoms with Gasteiger partial charge in [0, 0.05) is 35.4 Å². The molecule has 41 heavy (non-hydrogen) atoms. The molecule has 0 bridgehead atoms. The van der Waals surface area contributed by atoms with E-state index in [9.17, 15) is 9.59 Å². The highest BCUT2D eigenvalue weighted by molar-refractivity contribution is 8.12. The zero-order valence-corrected chi connectivity index (χ0v) is 24.9. The van der Waals surface area contributed by atoms with Crippen molar-refractivity contribution >= 4 is 28.4 Å². The van der Waals surface area contributed by atoms with E-state index in [2.05, 4.69) is 41.4 Å². The Morgan fingerprint density at radius 1 is 1.12 bits per heavy atom. The van der Waals surface area contributed by atoms with Gasteiger partial charge in [-0.1, -0.05) is 43.0 Å². The second kappa shape index (κ2) is 14.1. The molecular formula is C34H40N2O4S. The van der Waals surface area contributed by atoms with Crippen LogP contribution in [0, 0.1) is 6.92 Å². The number of thioether (sulfide) groups is 1. The van der Waals surface area contributed by atoms with Crippen LogP contribution in [0.3, 0.4) is 0 Å². The van der Waals surface area contributed by atoms with Gasteiger partial charge in [0.1, 0.15) is 24.7 Å². The van der Waals surface area contributed by atoms with Gasteiger partial charge in [-0.25, -0.2) is 0 Å². The predicted molar refractivity (Wildman–Crippen MR) is 166 cm³/mol. The molecule has 3 heterocycles. The smallest absolute Gasteiger partial charge is 0.220 e. The molecule has 7 heteroatoms. The van der Waals surface area contributed by atoms with Crippen molar-refractivity contribution in [3.05, 3.63) is 87.9 Å². The number of carbonyl (C=O) groups is 2. The Labute approximate surface area is 247 Å². The Morgan fingerprint density at radius 3 is 2.63 bits per heavy atom. The number of benzene rings is 2. The molecule has 3 aliphatic heterocycles. The van der Waals surface area contributed by atoms with Crippen LogP contribution in [0.4, 0.5) is 0 Å². The Kier molecular flexibility index (Phi) is 10.0. The van der Waals surface area contributed by atoms with Crippen molar-refractivity contribution in [2.75, 3.05) is 32.8 Å². The SMILES string of the molecule is CC/C=C\C=C1/CC(C(=O)c2ccc(OCCN3CCCC3)cc2)=C(c2ccc(OCC3CCC(=O)N3)c(C)c2)S1. The third kappa shape index (κ3) is 7.72. The summed E-state index contributed by atoms with van der Waals surface area (Å²) in [6, 6.07) is 13.7. The highest BCUT2D eigenvalue weighted by Gasteiger charge is 2.27. The number of allylic oxidation sites excluding steroid dienone is 5. The summed E-state index contributed by atoms with van der Waals surface area (Å²) < 4.78 is 12.0. The lowest BCUT2D eigenvalue weighted by Gasteiger charge is -2.15. The monoisotopic (exact) mass is 572 g/mol. The van der Waals surface area contributed by atoms with E-state index in [1.807, 2.05) is 43.3 Å². The minimum atomic E-state index is 0.0499. The average molecular weight is 573 g/mol.